The first-order chi connectivity index (χ1) is 10.6. The number of aromatic nitrogens is 3. The lowest BCUT2D eigenvalue weighted by atomic mass is 10.1. The molecule has 0 aliphatic rings. The highest BCUT2D eigenvalue weighted by molar-refractivity contribution is 6.46. The van der Waals surface area contributed by atoms with E-state index in [2.05, 4.69) is 20.5 Å². The summed E-state index contributed by atoms with van der Waals surface area (Å²) in [6.07, 6.45) is 4.91. The maximum Gasteiger partial charge on any atom is 0.238 e. The van der Waals surface area contributed by atoms with E-state index in [0.717, 1.165) is 11.1 Å². The third-order valence-electron chi connectivity index (χ3n) is 3.17. The van der Waals surface area contributed by atoms with Gasteiger partial charge in [-0.1, -0.05) is 23.2 Å². The summed E-state index contributed by atoms with van der Waals surface area (Å²) in [5.41, 5.74) is 2.75. The topological polar surface area (TPSA) is 97.4 Å². The molecule has 0 unspecified atom stereocenters. The molecule has 1 amide bonds. The standard InChI is InChI=1S/C14H9Cl2N5O/c15-9-3-10(21-11(22)1-2-17)12-8(7-4-19-20-5-7)6-18-14(12)13(9)16/h3-6,18H,1H2,(H,19,20)(H,21,22). The van der Waals surface area contributed by atoms with Gasteiger partial charge in [-0.05, 0) is 6.07 Å². The van der Waals surface area contributed by atoms with E-state index >= 15 is 0 Å². The van der Waals surface area contributed by atoms with Crippen molar-refractivity contribution in [3.63, 3.8) is 0 Å². The Bertz CT molecular complexity index is 892. The summed E-state index contributed by atoms with van der Waals surface area (Å²) in [5.74, 6) is -0.415. The number of fused-ring (bicyclic) bond motifs is 1. The van der Waals surface area contributed by atoms with E-state index in [1.54, 1.807) is 30.7 Å². The number of carbonyl (C=O) groups excluding carboxylic acids is 1. The Balaban J connectivity index is 2.22. The van der Waals surface area contributed by atoms with Crippen molar-refractivity contribution in [1.82, 2.24) is 15.2 Å². The number of benzene rings is 1. The zero-order valence-corrected chi connectivity index (χ0v) is 12.6. The average Bonchev–Trinajstić information content (AvgIpc) is 3.13. The first-order valence-electron chi connectivity index (χ1n) is 6.27. The van der Waals surface area contributed by atoms with Crippen molar-refractivity contribution < 1.29 is 4.79 Å². The van der Waals surface area contributed by atoms with Crippen LogP contribution < -0.4 is 5.32 Å². The lowest BCUT2D eigenvalue weighted by Gasteiger charge is -2.09. The summed E-state index contributed by atoms with van der Waals surface area (Å²) in [6, 6.07) is 3.37. The monoisotopic (exact) mass is 333 g/mol. The fraction of sp³-hybridized carbons (Fsp3) is 0.0714. The second-order valence-electron chi connectivity index (χ2n) is 4.54. The van der Waals surface area contributed by atoms with Crippen molar-refractivity contribution in [1.29, 1.82) is 5.26 Å². The first kappa shape index (κ1) is 14.4. The van der Waals surface area contributed by atoms with Crippen molar-refractivity contribution in [2.24, 2.45) is 0 Å². The highest BCUT2D eigenvalue weighted by Gasteiger charge is 2.17. The van der Waals surface area contributed by atoms with Gasteiger partial charge in [0, 0.05) is 28.9 Å². The van der Waals surface area contributed by atoms with E-state index < -0.39 is 5.91 Å². The number of anilines is 1. The Hall–Kier alpha value is -2.49. The highest BCUT2D eigenvalue weighted by Crippen LogP contribution is 2.40. The maximum absolute atomic E-state index is 11.7. The minimum absolute atomic E-state index is 0.243. The van der Waals surface area contributed by atoms with Gasteiger partial charge in [-0.3, -0.25) is 9.89 Å². The number of nitrogens with zero attached hydrogens (tertiary/aromatic N) is 2. The van der Waals surface area contributed by atoms with E-state index in [0.29, 0.717) is 26.6 Å². The van der Waals surface area contributed by atoms with Crippen molar-refractivity contribution in [3.8, 4) is 17.2 Å². The summed E-state index contributed by atoms with van der Waals surface area (Å²) in [7, 11) is 0. The van der Waals surface area contributed by atoms with Crippen molar-refractivity contribution in [3.05, 3.63) is 34.7 Å². The highest BCUT2D eigenvalue weighted by atomic mass is 35.5. The summed E-state index contributed by atoms with van der Waals surface area (Å²) < 4.78 is 0. The van der Waals surface area contributed by atoms with Gasteiger partial charge in [0.1, 0.15) is 6.42 Å². The number of rotatable bonds is 3. The Kier molecular flexibility index (Phi) is 3.75. The zero-order chi connectivity index (χ0) is 15.7. The van der Waals surface area contributed by atoms with Gasteiger partial charge >= 0.3 is 0 Å². The third-order valence-corrected chi connectivity index (χ3v) is 3.96. The van der Waals surface area contributed by atoms with Gasteiger partial charge in [-0.15, -0.1) is 0 Å². The van der Waals surface area contributed by atoms with Gasteiger partial charge in [-0.25, -0.2) is 0 Å². The normalized spacial score (nSPS) is 10.6. The molecule has 0 saturated heterocycles. The number of nitriles is 1. The van der Waals surface area contributed by atoms with Gasteiger partial charge in [0.2, 0.25) is 5.91 Å². The number of halogens is 2. The Labute approximate surface area is 135 Å². The number of amides is 1. The molecule has 8 heteroatoms. The SMILES string of the molecule is N#CCC(=O)Nc1cc(Cl)c(Cl)c2[nH]cc(-c3cn[nH]c3)c12. The van der Waals surface area contributed by atoms with Gasteiger partial charge in [-0.2, -0.15) is 10.4 Å². The molecule has 22 heavy (non-hydrogen) atoms. The second kappa shape index (κ2) is 5.72. The quantitative estimate of drug-likeness (QED) is 0.681. The summed E-state index contributed by atoms with van der Waals surface area (Å²) in [4.78, 5) is 14.8. The number of hydrogen-bond donors (Lipinski definition) is 3. The van der Waals surface area contributed by atoms with Crippen LogP contribution in [-0.2, 0) is 4.79 Å². The molecule has 0 radical (unpaired) electrons. The summed E-state index contributed by atoms with van der Waals surface area (Å²) in [6.45, 7) is 0. The van der Waals surface area contributed by atoms with E-state index in [1.165, 1.54) is 0 Å². The molecule has 0 atom stereocenters. The molecule has 1 aromatic carbocycles. The zero-order valence-electron chi connectivity index (χ0n) is 11.1. The molecule has 0 saturated carbocycles. The predicted molar refractivity (Wildman–Crippen MR) is 84.8 cm³/mol. The van der Waals surface area contributed by atoms with Crippen LogP contribution in [0.4, 0.5) is 5.69 Å². The molecule has 6 nitrogen and oxygen atoms in total. The number of nitrogens with one attached hydrogen (secondary N) is 3. The molecule has 2 heterocycles. The van der Waals surface area contributed by atoms with Crippen LogP contribution in [0.3, 0.4) is 0 Å². The Morgan fingerprint density at radius 2 is 2.23 bits per heavy atom. The first-order valence-corrected chi connectivity index (χ1v) is 7.02. The summed E-state index contributed by atoms with van der Waals surface area (Å²) >= 11 is 12.3. The largest absolute Gasteiger partial charge is 0.359 e. The van der Waals surface area contributed by atoms with E-state index in [9.17, 15) is 4.79 Å². The van der Waals surface area contributed by atoms with Crippen LogP contribution in [0.1, 0.15) is 6.42 Å². The van der Waals surface area contributed by atoms with Gasteiger partial charge < -0.3 is 10.3 Å². The molecule has 0 fully saturated rings. The molecule has 3 aromatic rings. The molecule has 3 N–H and O–H groups in total. The fourth-order valence-corrected chi connectivity index (χ4v) is 2.66. The van der Waals surface area contributed by atoms with Gasteiger partial charge in [0.05, 0.1) is 33.5 Å². The lowest BCUT2D eigenvalue weighted by molar-refractivity contribution is -0.115. The molecule has 0 aliphatic carbocycles. The third kappa shape index (κ3) is 2.41. The number of aromatic amines is 2. The van der Waals surface area contributed by atoms with Crippen molar-refractivity contribution >= 4 is 45.7 Å². The predicted octanol–water partition coefficient (Wildman–Crippen LogP) is 3.72. The van der Waals surface area contributed by atoms with Crippen LogP contribution in [0.2, 0.25) is 10.0 Å². The molecular weight excluding hydrogens is 325 g/mol. The van der Waals surface area contributed by atoms with Gasteiger partial charge in [0.25, 0.3) is 0 Å². The molecule has 0 spiro atoms. The van der Waals surface area contributed by atoms with E-state index in [-0.39, 0.29) is 6.42 Å². The van der Waals surface area contributed by atoms with Crippen LogP contribution in [-0.4, -0.2) is 21.1 Å². The van der Waals surface area contributed by atoms with Crippen LogP contribution >= 0.6 is 23.2 Å². The number of H-pyrrole nitrogens is 2. The molecule has 0 aliphatic heterocycles. The van der Waals surface area contributed by atoms with Crippen molar-refractivity contribution in [2.75, 3.05) is 5.32 Å². The van der Waals surface area contributed by atoms with Crippen LogP contribution in [0.25, 0.3) is 22.0 Å². The average molecular weight is 334 g/mol. The Morgan fingerprint density at radius 3 is 2.91 bits per heavy atom. The van der Waals surface area contributed by atoms with Crippen LogP contribution in [0.5, 0.6) is 0 Å². The second-order valence-corrected chi connectivity index (χ2v) is 5.33. The van der Waals surface area contributed by atoms with Crippen molar-refractivity contribution in [2.45, 2.75) is 6.42 Å². The Morgan fingerprint density at radius 1 is 1.41 bits per heavy atom. The number of carbonyl (C=O) groups is 1. The fourth-order valence-electron chi connectivity index (χ4n) is 2.25. The maximum atomic E-state index is 11.7. The van der Waals surface area contributed by atoms with Gasteiger partial charge in [0.15, 0.2) is 0 Å². The molecule has 0 bridgehead atoms. The minimum Gasteiger partial charge on any atom is -0.359 e. The van der Waals surface area contributed by atoms with Crippen LogP contribution in [0, 0.1) is 11.3 Å². The number of hydrogen-bond acceptors (Lipinski definition) is 3. The molecule has 2 aromatic heterocycles. The molecule has 3 rings (SSSR count). The minimum atomic E-state index is -0.415. The lowest BCUT2D eigenvalue weighted by Crippen LogP contribution is -2.10. The molecular formula is C14H9Cl2N5O. The van der Waals surface area contributed by atoms with Crippen LogP contribution in [0.15, 0.2) is 24.7 Å². The smallest absolute Gasteiger partial charge is 0.238 e. The van der Waals surface area contributed by atoms with E-state index in [4.69, 9.17) is 28.5 Å². The van der Waals surface area contributed by atoms with E-state index in [1.807, 2.05) is 0 Å². The summed E-state index contributed by atoms with van der Waals surface area (Å²) in [5, 5.41) is 19.3. The molecule has 110 valence electrons.